The van der Waals surface area contributed by atoms with Crippen LogP contribution < -0.4 is 11.1 Å². The Hall–Kier alpha value is -1.95. The van der Waals surface area contributed by atoms with E-state index in [4.69, 9.17) is 5.73 Å². The number of primary amides is 1. The minimum atomic E-state index is -0.463. The van der Waals surface area contributed by atoms with E-state index < -0.39 is 5.91 Å². The fourth-order valence-corrected chi connectivity index (χ4v) is 1.61. The van der Waals surface area contributed by atoms with E-state index in [9.17, 15) is 4.79 Å². The number of nitrogens with zero attached hydrogens (tertiary/aromatic N) is 2. The SMILES string of the molecule is NC(=O)c1cccc(Nc2ncncc2Br)c1. The second kappa shape index (κ2) is 4.92. The molecule has 0 fully saturated rings. The van der Waals surface area contributed by atoms with Gasteiger partial charge in [-0.05, 0) is 34.1 Å². The summed E-state index contributed by atoms with van der Waals surface area (Å²) < 4.78 is 0.740. The van der Waals surface area contributed by atoms with Crippen LogP contribution >= 0.6 is 15.9 Å². The van der Waals surface area contributed by atoms with Crippen molar-refractivity contribution in [3.8, 4) is 0 Å². The molecule has 0 spiro atoms. The molecule has 0 unspecified atom stereocenters. The second-order valence-corrected chi connectivity index (χ2v) is 4.14. The Morgan fingerprint density at radius 2 is 2.24 bits per heavy atom. The highest BCUT2D eigenvalue weighted by Gasteiger charge is 2.04. The van der Waals surface area contributed by atoms with Gasteiger partial charge < -0.3 is 11.1 Å². The molecular formula is C11H9BrN4O. The summed E-state index contributed by atoms with van der Waals surface area (Å²) in [6, 6.07) is 6.89. The molecule has 0 aliphatic rings. The van der Waals surface area contributed by atoms with Gasteiger partial charge in [-0.25, -0.2) is 9.97 Å². The van der Waals surface area contributed by atoms with Crippen LogP contribution in [-0.2, 0) is 0 Å². The quantitative estimate of drug-likeness (QED) is 0.908. The molecule has 0 aliphatic heterocycles. The van der Waals surface area contributed by atoms with Gasteiger partial charge in [0.05, 0.1) is 4.47 Å². The molecule has 2 rings (SSSR count). The Bertz CT molecular complexity index is 559. The molecule has 1 aromatic heterocycles. The normalized spacial score (nSPS) is 9.94. The molecule has 1 heterocycles. The maximum absolute atomic E-state index is 11.0. The molecule has 0 aliphatic carbocycles. The lowest BCUT2D eigenvalue weighted by Gasteiger charge is -2.07. The van der Waals surface area contributed by atoms with Gasteiger partial charge in [-0.3, -0.25) is 4.79 Å². The van der Waals surface area contributed by atoms with E-state index in [0.717, 1.165) is 10.2 Å². The van der Waals surface area contributed by atoms with E-state index in [1.807, 2.05) is 6.07 Å². The number of halogens is 1. The fraction of sp³-hybridized carbons (Fsp3) is 0. The molecule has 2 aromatic rings. The third-order valence-corrected chi connectivity index (χ3v) is 2.66. The first-order valence-corrected chi connectivity index (χ1v) is 5.58. The van der Waals surface area contributed by atoms with Crippen molar-refractivity contribution in [3.63, 3.8) is 0 Å². The van der Waals surface area contributed by atoms with Gasteiger partial charge in [0.2, 0.25) is 5.91 Å². The van der Waals surface area contributed by atoms with Gasteiger partial charge in [0.1, 0.15) is 12.1 Å². The lowest BCUT2D eigenvalue weighted by molar-refractivity contribution is 0.100. The lowest BCUT2D eigenvalue weighted by atomic mass is 10.2. The van der Waals surface area contributed by atoms with Gasteiger partial charge in [0, 0.05) is 17.4 Å². The van der Waals surface area contributed by atoms with Crippen LogP contribution in [0, 0.1) is 0 Å². The van der Waals surface area contributed by atoms with Crippen LogP contribution in [0.1, 0.15) is 10.4 Å². The Balaban J connectivity index is 2.28. The van der Waals surface area contributed by atoms with Gasteiger partial charge in [-0.1, -0.05) is 6.07 Å². The predicted octanol–water partition coefficient (Wildman–Crippen LogP) is 2.08. The monoisotopic (exact) mass is 292 g/mol. The number of nitrogens with one attached hydrogen (secondary N) is 1. The summed E-state index contributed by atoms with van der Waals surface area (Å²) >= 11 is 3.32. The number of amides is 1. The van der Waals surface area contributed by atoms with Gasteiger partial charge in [-0.15, -0.1) is 0 Å². The number of carbonyl (C=O) groups excluding carboxylic acids is 1. The number of aromatic nitrogens is 2. The number of nitrogens with two attached hydrogens (primary N) is 1. The first-order valence-electron chi connectivity index (χ1n) is 4.79. The van der Waals surface area contributed by atoms with E-state index in [1.54, 1.807) is 24.4 Å². The minimum Gasteiger partial charge on any atom is -0.366 e. The average Bonchev–Trinajstić information content (AvgIpc) is 2.32. The van der Waals surface area contributed by atoms with Crippen LogP contribution in [0.15, 0.2) is 41.3 Å². The second-order valence-electron chi connectivity index (χ2n) is 3.29. The van der Waals surface area contributed by atoms with Gasteiger partial charge >= 0.3 is 0 Å². The van der Waals surface area contributed by atoms with Crippen LogP contribution in [0.25, 0.3) is 0 Å². The number of hydrogen-bond donors (Lipinski definition) is 2. The van der Waals surface area contributed by atoms with Gasteiger partial charge in [0.15, 0.2) is 0 Å². The predicted molar refractivity (Wildman–Crippen MR) is 68.0 cm³/mol. The highest BCUT2D eigenvalue weighted by Crippen LogP contribution is 2.22. The van der Waals surface area contributed by atoms with Crippen molar-refractivity contribution in [1.82, 2.24) is 9.97 Å². The smallest absolute Gasteiger partial charge is 0.248 e. The van der Waals surface area contributed by atoms with E-state index in [1.165, 1.54) is 6.33 Å². The largest absolute Gasteiger partial charge is 0.366 e. The number of anilines is 2. The number of hydrogen-bond acceptors (Lipinski definition) is 4. The highest BCUT2D eigenvalue weighted by molar-refractivity contribution is 9.10. The number of carbonyl (C=O) groups is 1. The molecule has 0 atom stereocenters. The zero-order chi connectivity index (χ0) is 12.3. The van der Waals surface area contributed by atoms with Crippen molar-refractivity contribution < 1.29 is 4.79 Å². The summed E-state index contributed by atoms with van der Waals surface area (Å²) in [6.45, 7) is 0. The third kappa shape index (κ3) is 2.79. The summed E-state index contributed by atoms with van der Waals surface area (Å²) in [5.41, 5.74) is 6.39. The van der Waals surface area contributed by atoms with Gasteiger partial charge in [-0.2, -0.15) is 0 Å². The summed E-state index contributed by atoms with van der Waals surface area (Å²) in [7, 11) is 0. The first-order chi connectivity index (χ1) is 8.16. The van der Waals surface area contributed by atoms with Crippen molar-refractivity contribution in [1.29, 1.82) is 0 Å². The van der Waals surface area contributed by atoms with E-state index in [-0.39, 0.29) is 0 Å². The molecule has 6 heteroatoms. The average molecular weight is 293 g/mol. The van der Waals surface area contributed by atoms with E-state index in [0.29, 0.717) is 11.4 Å². The molecule has 0 bridgehead atoms. The Kier molecular flexibility index (Phi) is 3.34. The van der Waals surface area contributed by atoms with Crippen LogP contribution in [-0.4, -0.2) is 15.9 Å². The molecule has 1 aromatic carbocycles. The Labute approximate surface area is 106 Å². The minimum absolute atomic E-state index is 0.445. The highest BCUT2D eigenvalue weighted by atomic mass is 79.9. The molecular weight excluding hydrogens is 284 g/mol. The standard InChI is InChI=1S/C11H9BrN4O/c12-9-5-14-6-15-11(9)16-8-3-1-2-7(4-8)10(13)17/h1-6H,(H2,13,17)(H,14,15,16). The Morgan fingerprint density at radius 3 is 2.94 bits per heavy atom. The molecule has 17 heavy (non-hydrogen) atoms. The molecule has 0 radical (unpaired) electrons. The zero-order valence-corrected chi connectivity index (χ0v) is 10.3. The van der Waals surface area contributed by atoms with Crippen molar-refractivity contribution in [3.05, 3.63) is 46.8 Å². The van der Waals surface area contributed by atoms with Crippen molar-refractivity contribution in [2.45, 2.75) is 0 Å². The maximum atomic E-state index is 11.0. The van der Waals surface area contributed by atoms with Crippen molar-refractivity contribution >= 4 is 33.3 Å². The fourth-order valence-electron chi connectivity index (χ4n) is 1.29. The number of rotatable bonds is 3. The summed E-state index contributed by atoms with van der Waals surface area (Å²) in [5, 5.41) is 3.06. The molecule has 3 N–H and O–H groups in total. The van der Waals surface area contributed by atoms with Crippen LogP contribution in [0.5, 0.6) is 0 Å². The van der Waals surface area contributed by atoms with Crippen LogP contribution in [0.2, 0.25) is 0 Å². The van der Waals surface area contributed by atoms with Crippen molar-refractivity contribution in [2.24, 2.45) is 5.73 Å². The van der Waals surface area contributed by atoms with Crippen molar-refractivity contribution in [2.75, 3.05) is 5.32 Å². The molecule has 1 amide bonds. The summed E-state index contributed by atoms with van der Waals surface area (Å²) in [5.74, 6) is 0.164. The van der Waals surface area contributed by atoms with Crippen LogP contribution in [0.4, 0.5) is 11.5 Å². The summed E-state index contributed by atoms with van der Waals surface area (Å²) in [4.78, 5) is 19.0. The maximum Gasteiger partial charge on any atom is 0.248 e. The van der Waals surface area contributed by atoms with Crippen LogP contribution in [0.3, 0.4) is 0 Å². The molecule has 0 saturated heterocycles. The molecule has 5 nitrogen and oxygen atoms in total. The van der Waals surface area contributed by atoms with Gasteiger partial charge in [0.25, 0.3) is 0 Å². The molecule has 0 saturated carbocycles. The molecule has 86 valence electrons. The number of benzene rings is 1. The zero-order valence-electron chi connectivity index (χ0n) is 8.72. The lowest BCUT2D eigenvalue weighted by Crippen LogP contribution is -2.10. The topological polar surface area (TPSA) is 80.9 Å². The Morgan fingerprint density at radius 1 is 1.41 bits per heavy atom. The third-order valence-electron chi connectivity index (χ3n) is 2.08. The van der Waals surface area contributed by atoms with E-state index >= 15 is 0 Å². The first kappa shape index (κ1) is 11.5. The summed E-state index contributed by atoms with van der Waals surface area (Å²) in [6.07, 6.45) is 3.07. The van der Waals surface area contributed by atoms with E-state index in [2.05, 4.69) is 31.2 Å².